The van der Waals surface area contributed by atoms with Gasteiger partial charge in [0.05, 0.1) is 0 Å². The Bertz CT molecular complexity index is 477. The zero-order valence-electron chi connectivity index (χ0n) is 9.30. The number of carboxylic acids is 1. The molecule has 0 saturated heterocycles. The minimum atomic E-state index is -1.07. The summed E-state index contributed by atoms with van der Waals surface area (Å²) in [5.41, 5.74) is 1.17. The highest BCUT2D eigenvalue weighted by atomic mass is 16.4. The molecule has 0 atom stereocenters. The van der Waals surface area contributed by atoms with Crippen LogP contribution in [0.2, 0.25) is 0 Å². The van der Waals surface area contributed by atoms with E-state index >= 15 is 0 Å². The van der Waals surface area contributed by atoms with Gasteiger partial charge in [0.1, 0.15) is 6.54 Å². The van der Waals surface area contributed by atoms with Gasteiger partial charge in [0, 0.05) is 18.3 Å². The van der Waals surface area contributed by atoms with Crippen molar-refractivity contribution >= 4 is 17.7 Å². The molecule has 5 heteroatoms. The predicted molar refractivity (Wildman–Crippen MR) is 63.7 cm³/mol. The molecular formula is C12H12N2O3. The highest BCUT2D eigenvalue weighted by molar-refractivity contribution is 5.91. The van der Waals surface area contributed by atoms with E-state index in [-0.39, 0.29) is 6.54 Å². The number of nitrogens with one attached hydrogen (secondary N) is 1. The van der Waals surface area contributed by atoms with E-state index in [9.17, 15) is 9.59 Å². The molecule has 2 N–H and O–H groups in total. The summed E-state index contributed by atoms with van der Waals surface area (Å²) in [6, 6.07) is 6.25. The number of hydrogen-bond acceptors (Lipinski definition) is 2. The number of terminal acetylenes is 1. The SMILES string of the molecule is C#Cc1cccc(NC(=O)N(C)CC(=O)O)c1. The predicted octanol–water partition coefficient (Wildman–Crippen LogP) is 1.22. The van der Waals surface area contributed by atoms with Crippen molar-refractivity contribution in [2.24, 2.45) is 0 Å². The van der Waals surface area contributed by atoms with Crippen molar-refractivity contribution in [1.29, 1.82) is 0 Å². The van der Waals surface area contributed by atoms with Gasteiger partial charge in [-0.05, 0) is 18.2 Å². The number of amides is 2. The lowest BCUT2D eigenvalue weighted by atomic mass is 10.2. The third kappa shape index (κ3) is 3.87. The fourth-order valence-electron chi connectivity index (χ4n) is 1.18. The number of benzene rings is 1. The molecule has 0 aliphatic carbocycles. The van der Waals surface area contributed by atoms with Crippen LogP contribution >= 0.6 is 0 Å². The van der Waals surface area contributed by atoms with E-state index in [4.69, 9.17) is 11.5 Å². The average molecular weight is 232 g/mol. The quantitative estimate of drug-likeness (QED) is 0.770. The van der Waals surface area contributed by atoms with Gasteiger partial charge in [-0.1, -0.05) is 12.0 Å². The van der Waals surface area contributed by atoms with Crippen molar-refractivity contribution < 1.29 is 14.7 Å². The van der Waals surface area contributed by atoms with Gasteiger partial charge in [0.15, 0.2) is 0 Å². The van der Waals surface area contributed by atoms with Crippen LogP contribution in [0.5, 0.6) is 0 Å². The monoisotopic (exact) mass is 232 g/mol. The standard InChI is InChI=1S/C12H12N2O3/c1-3-9-5-4-6-10(7-9)13-12(17)14(2)8-11(15)16/h1,4-7H,8H2,2H3,(H,13,17)(H,15,16). The van der Waals surface area contributed by atoms with Gasteiger partial charge in [-0.3, -0.25) is 4.79 Å². The summed E-state index contributed by atoms with van der Waals surface area (Å²) < 4.78 is 0. The number of urea groups is 1. The largest absolute Gasteiger partial charge is 0.480 e. The molecule has 0 aromatic heterocycles. The Labute approximate surface area is 99.0 Å². The molecule has 2 amide bonds. The summed E-state index contributed by atoms with van der Waals surface area (Å²) in [7, 11) is 1.40. The molecule has 0 radical (unpaired) electrons. The van der Waals surface area contributed by atoms with E-state index in [1.165, 1.54) is 7.05 Å². The number of hydrogen-bond donors (Lipinski definition) is 2. The number of nitrogens with zero attached hydrogens (tertiary/aromatic N) is 1. The van der Waals surface area contributed by atoms with Crippen molar-refractivity contribution in [2.75, 3.05) is 18.9 Å². The van der Waals surface area contributed by atoms with Crippen molar-refractivity contribution in [3.63, 3.8) is 0 Å². The zero-order chi connectivity index (χ0) is 12.8. The Morgan fingerprint density at radius 3 is 2.82 bits per heavy atom. The number of likely N-dealkylation sites (N-methyl/N-ethyl adjacent to an activating group) is 1. The molecule has 17 heavy (non-hydrogen) atoms. The number of carboxylic acid groups (broad SMARTS) is 1. The average Bonchev–Trinajstić information content (AvgIpc) is 2.28. The van der Waals surface area contributed by atoms with Crippen LogP contribution in [-0.4, -0.2) is 35.6 Å². The van der Waals surface area contributed by atoms with E-state index in [2.05, 4.69) is 11.2 Å². The summed E-state index contributed by atoms with van der Waals surface area (Å²) in [6.45, 7) is -0.360. The molecule has 5 nitrogen and oxygen atoms in total. The molecule has 0 unspecified atom stereocenters. The zero-order valence-corrected chi connectivity index (χ0v) is 9.30. The Morgan fingerprint density at radius 1 is 1.53 bits per heavy atom. The van der Waals surface area contributed by atoms with E-state index in [0.717, 1.165) is 4.90 Å². The van der Waals surface area contributed by atoms with E-state index < -0.39 is 12.0 Å². The first kappa shape index (κ1) is 12.6. The lowest BCUT2D eigenvalue weighted by Gasteiger charge is -2.15. The summed E-state index contributed by atoms with van der Waals surface area (Å²) in [6.07, 6.45) is 5.22. The summed E-state index contributed by atoms with van der Waals surface area (Å²) in [5.74, 6) is 1.37. The molecule has 88 valence electrons. The van der Waals surface area contributed by atoms with Crippen LogP contribution in [0.3, 0.4) is 0 Å². The number of rotatable bonds is 3. The summed E-state index contributed by atoms with van der Waals surface area (Å²) in [5, 5.41) is 11.1. The first-order chi connectivity index (χ1) is 8.02. The van der Waals surface area contributed by atoms with Gasteiger partial charge in [-0.15, -0.1) is 6.42 Å². The van der Waals surface area contributed by atoms with Gasteiger partial charge >= 0.3 is 12.0 Å². The minimum Gasteiger partial charge on any atom is -0.480 e. The summed E-state index contributed by atoms with van der Waals surface area (Å²) in [4.78, 5) is 23.0. The first-order valence-electron chi connectivity index (χ1n) is 4.83. The molecule has 0 saturated carbocycles. The Hall–Kier alpha value is -2.48. The fourth-order valence-corrected chi connectivity index (χ4v) is 1.18. The number of carbonyl (C=O) groups excluding carboxylic acids is 1. The van der Waals surface area contributed by atoms with Crippen LogP contribution in [0.4, 0.5) is 10.5 Å². The fraction of sp³-hybridized carbons (Fsp3) is 0.167. The number of carbonyl (C=O) groups is 2. The Kier molecular flexibility index (Phi) is 4.12. The number of aliphatic carboxylic acids is 1. The maximum Gasteiger partial charge on any atom is 0.323 e. The minimum absolute atomic E-state index is 0.360. The first-order valence-corrected chi connectivity index (χ1v) is 4.83. The normalized spacial score (nSPS) is 9.18. The van der Waals surface area contributed by atoms with Crippen molar-refractivity contribution in [3.8, 4) is 12.3 Å². The second kappa shape index (κ2) is 5.56. The third-order valence-electron chi connectivity index (χ3n) is 2.00. The van der Waals surface area contributed by atoms with Gasteiger partial charge in [0.2, 0.25) is 0 Å². The van der Waals surface area contributed by atoms with E-state index in [1.807, 2.05) is 0 Å². The Balaban J connectivity index is 2.68. The van der Waals surface area contributed by atoms with Crippen LogP contribution in [0.15, 0.2) is 24.3 Å². The lowest BCUT2D eigenvalue weighted by Crippen LogP contribution is -2.35. The lowest BCUT2D eigenvalue weighted by molar-refractivity contribution is -0.137. The molecular weight excluding hydrogens is 220 g/mol. The van der Waals surface area contributed by atoms with E-state index in [0.29, 0.717) is 11.3 Å². The molecule has 1 aromatic rings. The molecule has 0 aliphatic rings. The smallest absolute Gasteiger partial charge is 0.323 e. The van der Waals surface area contributed by atoms with Crippen LogP contribution in [0.25, 0.3) is 0 Å². The molecule has 1 aromatic carbocycles. The summed E-state index contributed by atoms with van der Waals surface area (Å²) >= 11 is 0. The molecule has 0 spiro atoms. The molecule has 0 bridgehead atoms. The van der Waals surface area contributed by atoms with Crippen molar-refractivity contribution in [1.82, 2.24) is 4.90 Å². The topological polar surface area (TPSA) is 69.6 Å². The van der Waals surface area contributed by atoms with Gasteiger partial charge < -0.3 is 15.3 Å². The molecule has 0 aliphatic heterocycles. The van der Waals surface area contributed by atoms with Crippen LogP contribution < -0.4 is 5.32 Å². The van der Waals surface area contributed by atoms with Gasteiger partial charge in [-0.2, -0.15) is 0 Å². The molecule has 0 heterocycles. The van der Waals surface area contributed by atoms with Crippen LogP contribution in [0, 0.1) is 12.3 Å². The van der Waals surface area contributed by atoms with Crippen LogP contribution in [-0.2, 0) is 4.79 Å². The van der Waals surface area contributed by atoms with Gasteiger partial charge in [0.25, 0.3) is 0 Å². The second-order valence-electron chi connectivity index (χ2n) is 3.41. The molecule has 0 fully saturated rings. The van der Waals surface area contributed by atoms with Gasteiger partial charge in [-0.25, -0.2) is 4.79 Å². The number of anilines is 1. The van der Waals surface area contributed by atoms with Crippen LogP contribution in [0.1, 0.15) is 5.56 Å². The maximum atomic E-state index is 11.5. The highest BCUT2D eigenvalue weighted by Gasteiger charge is 2.11. The Morgan fingerprint density at radius 2 is 2.24 bits per heavy atom. The highest BCUT2D eigenvalue weighted by Crippen LogP contribution is 2.10. The van der Waals surface area contributed by atoms with Crippen molar-refractivity contribution in [3.05, 3.63) is 29.8 Å². The maximum absolute atomic E-state index is 11.5. The third-order valence-corrected chi connectivity index (χ3v) is 2.00. The second-order valence-corrected chi connectivity index (χ2v) is 3.41. The molecule has 1 rings (SSSR count). The van der Waals surface area contributed by atoms with E-state index in [1.54, 1.807) is 24.3 Å². The van der Waals surface area contributed by atoms with Crippen molar-refractivity contribution in [2.45, 2.75) is 0 Å².